The van der Waals surface area contributed by atoms with Crippen LogP contribution in [0.2, 0.25) is 5.02 Å². The van der Waals surface area contributed by atoms with Gasteiger partial charge in [0.05, 0.1) is 41.0 Å². The van der Waals surface area contributed by atoms with Crippen molar-refractivity contribution in [1.82, 2.24) is 4.31 Å². The summed E-state index contributed by atoms with van der Waals surface area (Å²) in [5.74, 6) is -0.275. The molecule has 1 atom stereocenters. The number of hydrogen-bond donors (Lipinski definition) is 1. The number of morpholine rings is 1. The van der Waals surface area contributed by atoms with Crippen LogP contribution in [-0.2, 0) is 24.3 Å². The molecule has 1 amide bonds. The molecule has 1 spiro atoms. The molecule has 2 fully saturated rings. The van der Waals surface area contributed by atoms with Gasteiger partial charge in [0.1, 0.15) is 0 Å². The largest absolute Gasteiger partial charge is 0.379 e. The molecule has 1 N–H and O–H groups in total. The highest BCUT2D eigenvalue weighted by molar-refractivity contribution is 7.89. The molecule has 2 aliphatic rings. The lowest BCUT2D eigenvalue weighted by atomic mass is 9.99. The first-order valence-electron chi connectivity index (χ1n) is 7.61. The molecular formula is C15H19ClN2O5S. The van der Waals surface area contributed by atoms with Crippen molar-refractivity contribution in [3.63, 3.8) is 0 Å². The number of hydrogen-bond acceptors (Lipinski definition) is 5. The number of amides is 1. The average molecular weight is 375 g/mol. The molecule has 2 saturated heterocycles. The van der Waals surface area contributed by atoms with Crippen molar-refractivity contribution < 1.29 is 22.7 Å². The van der Waals surface area contributed by atoms with E-state index in [9.17, 15) is 13.2 Å². The Morgan fingerprint density at radius 1 is 1.29 bits per heavy atom. The topological polar surface area (TPSA) is 84.9 Å². The van der Waals surface area contributed by atoms with E-state index < -0.39 is 15.6 Å². The van der Waals surface area contributed by atoms with Crippen LogP contribution in [-0.4, -0.2) is 57.1 Å². The van der Waals surface area contributed by atoms with E-state index in [0.717, 1.165) is 0 Å². The van der Waals surface area contributed by atoms with E-state index >= 15 is 0 Å². The van der Waals surface area contributed by atoms with Crippen LogP contribution >= 0.6 is 11.6 Å². The van der Waals surface area contributed by atoms with E-state index in [0.29, 0.717) is 38.5 Å². The minimum atomic E-state index is -3.75. The van der Waals surface area contributed by atoms with Crippen molar-refractivity contribution in [3.05, 3.63) is 23.2 Å². The zero-order chi connectivity index (χ0) is 17.4. The third-order valence-electron chi connectivity index (χ3n) is 4.26. The Hall–Kier alpha value is -1.19. The second-order valence-corrected chi connectivity index (χ2v) is 8.25. The lowest BCUT2D eigenvalue weighted by Gasteiger charge is -2.42. The zero-order valence-corrected chi connectivity index (χ0v) is 14.8. The van der Waals surface area contributed by atoms with Gasteiger partial charge < -0.3 is 14.8 Å². The van der Waals surface area contributed by atoms with Gasteiger partial charge in [-0.3, -0.25) is 4.79 Å². The molecule has 132 valence electrons. The normalized spacial score (nSPS) is 25.1. The SMILES string of the molecule is CC(=O)Nc1ccc(S(=O)(=O)N2CCOCC23CCOC3)cc1Cl. The Morgan fingerprint density at radius 3 is 2.58 bits per heavy atom. The molecule has 7 nitrogen and oxygen atoms in total. The van der Waals surface area contributed by atoms with Crippen LogP contribution in [0.15, 0.2) is 23.1 Å². The molecule has 1 unspecified atom stereocenters. The van der Waals surface area contributed by atoms with Crippen molar-refractivity contribution >= 4 is 33.2 Å². The van der Waals surface area contributed by atoms with E-state index in [1.807, 2.05) is 0 Å². The van der Waals surface area contributed by atoms with Crippen LogP contribution in [0, 0.1) is 0 Å². The quantitative estimate of drug-likeness (QED) is 0.866. The molecule has 1 aromatic carbocycles. The summed E-state index contributed by atoms with van der Waals surface area (Å²) in [6.45, 7) is 3.14. The number of halogens is 1. The predicted octanol–water partition coefficient (Wildman–Crippen LogP) is 1.48. The summed E-state index contributed by atoms with van der Waals surface area (Å²) in [6, 6.07) is 4.31. The van der Waals surface area contributed by atoms with Gasteiger partial charge in [0.15, 0.2) is 0 Å². The standard InChI is InChI=1S/C15H19ClN2O5S/c1-11(19)17-14-3-2-12(8-13(14)16)24(20,21)18-5-7-23-10-15(18)4-6-22-9-15/h2-3,8H,4-7,9-10H2,1H3,(H,17,19). The highest BCUT2D eigenvalue weighted by Crippen LogP contribution is 2.35. The van der Waals surface area contributed by atoms with Crippen molar-refractivity contribution in [2.75, 3.05) is 38.3 Å². The van der Waals surface area contributed by atoms with Gasteiger partial charge in [-0.2, -0.15) is 4.31 Å². The highest BCUT2D eigenvalue weighted by Gasteiger charge is 2.49. The molecule has 0 aromatic heterocycles. The summed E-state index contributed by atoms with van der Waals surface area (Å²) in [6.07, 6.45) is 0.601. The summed E-state index contributed by atoms with van der Waals surface area (Å²) in [7, 11) is -3.75. The third kappa shape index (κ3) is 3.16. The molecule has 0 radical (unpaired) electrons. The molecule has 9 heteroatoms. The predicted molar refractivity (Wildman–Crippen MR) is 88.6 cm³/mol. The minimum Gasteiger partial charge on any atom is -0.379 e. The van der Waals surface area contributed by atoms with Gasteiger partial charge in [-0.25, -0.2) is 8.42 Å². The zero-order valence-electron chi connectivity index (χ0n) is 13.2. The lowest BCUT2D eigenvalue weighted by Crippen LogP contribution is -2.59. The van der Waals surface area contributed by atoms with Crippen molar-refractivity contribution in [1.29, 1.82) is 0 Å². The summed E-state index contributed by atoms with van der Waals surface area (Å²) in [5, 5.41) is 2.74. The maximum absolute atomic E-state index is 13.1. The van der Waals surface area contributed by atoms with Crippen LogP contribution < -0.4 is 5.32 Å². The van der Waals surface area contributed by atoms with E-state index in [1.54, 1.807) is 0 Å². The Labute approximate surface area is 145 Å². The maximum Gasteiger partial charge on any atom is 0.243 e. The van der Waals surface area contributed by atoms with Gasteiger partial charge in [0.2, 0.25) is 15.9 Å². The van der Waals surface area contributed by atoms with E-state index in [-0.39, 0.29) is 22.4 Å². The fourth-order valence-electron chi connectivity index (χ4n) is 3.08. The number of nitrogens with one attached hydrogen (secondary N) is 1. The fraction of sp³-hybridized carbons (Fsp3) is 0.533. The number of ether oxygens (including phenoxy) is 2. The average Bonchev–Trinajstić information content (AvgIpc) is 2.97. The number of anilines is 1. The van der Waals surface area contributed by atoms with Gasteiger partial charge in [-0.15, -0.1) is 0 Å². The second-order valence-electron chi connectivity index (χ2n) is 5.98. The number of carbonyl (C=O) groups excluding carboxylic acids is 1. The minimum absolute atomic E-state index is 0.0924. The third-order valence-corrected chi connectivity index (χ3v) is 6.57. The van der Waals surface area contributed by atoms with E-state index in [4.69, 9.17) is 21.1 Å². The first kappa shape index (κ1) is 17.6. The fourth-order valence-corrected chi connectivity index (χ4v) is 5.15. The number of nitrogens with zero attached hydrogens (tertiary/aromatic N) is 1. The molecule has 24 heavy (non-hydrogen) atoms. The number of benzene rings is 1. The summed E-state index contributed by atoms with van der Waals surface area (Å²) >= 11 is 6.12. The molecule has 0 bridgehead atoms. The van der Waals surface area contributed by atoms with Gasteiger partial charge in [-0.05, 0) is 24.6 Å². The van der Waals surface area contributed by atoms with Crippen LogP contribution in [0.4, 0.5) is 5.69 Å². The van der Waals surface area contributed by atoms with Gasteiger partial charge in [-0.1, -0.05) is 11.6 Å². The van der Waals surface area contributed by atoms with Gasteiger partial charge in [0, 0.05) is 20.1 Å². The number of rotatable bonds is 3. The van der Waals surface area contributed by atoms with Crippen molar-refractivity contribution in [2.24, 2.45) is 0 Å². The van der Waals surface area contributed by atoms with Gasteiger partial charge >= 0.3 is 0 Å². The summed E-state index contributed by atoms with van der Waals surface area (Å²) in [4.78, 5) is 11.2. The summed E-state index contributed by atoms with van der Waals surface area (Å²) < 4.78 is 38.6. The Balaban J connectivity index is 1.95. The first-order chi connectivity index (χ1) is 11.3. The van der Waals surface area contributed by atoms with Gasteiger partial charge in [0.25, 0.3) is 0 Å². The monoisotopic (exact) mass is 374 g/mol. The molecule has 2 aliphatic heterocycles. The first-order valence-corrected chi connectivity index (χ1v) is 9.42. The van der Waals surface area contributed by atoms with Crippen LogP contribution in [0.1, 0.15) is 13.3 Å². The molecule has 0 saturated carbocycles. The van der Waals surface area contributed by atoms with Crippen molar-refractivity contribution in [3.8, 4) is 0 Å². The Kier molecular flexibility index (Phi) is 4.85. The smallest absolute Gasteiger partial charge is 0.243 e. The molecule has 2 heterocycles. The maximum atomic E-state index is 13.1. The van der Waals surface area contributed by atoms with Crippen molar-refractivity contribution in [2.45, 2.75) is 23.8 Å². The van der Waals surface area contributed by atoms with Crippen LogP contribution in [0.3, 0.4) is 0 Å². The van der Waals surface area contributed by atoms with Crippen LogP contribution in [0.5, 0.6) is 0 Å². The number of sulfonamides is 1. The molecular weight excluding hydrogens is 356 g/mol. The molecule has 1 aromatic rings. The summed E-state index contributed by atoms with van der Waals surface area (Å²) in [5.41, 5.74) is -0.274. The number of carbonyl (C=O) groups is 1. The highest BCUT2D eigenvalue weighted by atomic mass is 35.5. The Morgan fingerprint density at radius 2 is 2.00 bits per heavy atom. The molecule has 0 aliphatic carbocycles. The van der Waals surface area contributed by atoms with E-state index in [1.165, 1.54) is 29.4 Å². The second kappa shape index (κ2) is 6.61. The Bertz CT molecular complexity index is 746. The van der Waals surface area contributed by atoms with E-state index in [2.05, 4.69) is 5.32 Å². The van der Waals surface area contributed by atoms with Crippen LogP contribution in [0.25, 0.3) is 0 Å². The molecule has 3 rings (SSSR count). The lowest BCUT2D eigenvalue weighted by molar-refractivity contribution is -0.114.